The van der Waals surface area contributed by atoms with Gasteiger partial charge in [-0.3, -0.25) is 0 Å². The first-order chi connectivity index (χ1) is 13.8. The number of nitrogens with zero attached hydrogens (tertiary/aromatic N) is 1. The summed E-state index contributed by atoms with van der Waals surface area (Å²) in [6.07, 6.45) is 0. The summed E-state index contributed by atoms with van der Waals surface area (Å²) >= 11 is 3.46. The maximum Gasteiger partial charge on any atom is 0.125 e. The standard InChI is InChI=1S/C23H17FN2S2/c24-19-6-5-15-9-18(23(26-21(15)11-19)17-7-8-27-14-17)12-25-13-20-10-16-3-1-2-4-22(16)28-20/h1-11,14,25H,12-13H2. The monoisotopic (exact) mass is 404 g/mol. The number of thiophene rings is 2. The predicted octanol–water partition coefficient (Wildman–Crippen LogP) is 6.61. The second-order valence-electron chi connectivity index (χ2n) is 6.70. The summed E-state index contributed by atoms with van der Waals surface area (Å²) < 4.78 is 15.0. The maximum atomic E-state index is 13.6. The van der Waals surface area contributed by atoms with E-state index in [0.29, 0.717) is 12.1 Å². The number of hydrogen-bond donors (Lipinski definition) is 1. The average molecular weight is 405 g/mol. The molecule has 5 aromatic rings. The summed E-state index contributed by atoms with van der Waals surface area (Å²) in [7, 11) is 0. The number of halogens is 1. The first-order valence-corrected chi connectivity index (χ1v) is 10.8. The van der Waals surface area contributed by atoms with Crippen LogP contribution in [0.25, 0.3) is 32.2 Å². The van der Waals surface area contributed by atoms with E-state index >= 15 is 0 Å². The molecule has 0 aliphatic rings. The lowest BCUT2D eigenvalue weighted by atomic mass is 10.1. The summed E-state index contributed by atoms with van der Waals surface area (Å²) in [5.74, 6) is -0.257. The molecule has 5 rings (SSSR count). The molecule has 0 unspecified atom stereocenters. The highest BCUT2D eigenvalue weighted by Crippen LogP contribution is 2.29. The minimum atomic E-state index is -0.257. The van der Waals surface area contributed by atoms with Crippen molar-refractivity contribution in [2.75, 3.05) is 0 Å². The molecule has 0 amide bonds. The third kappa shape index (κ3) is 3.44. The Morgan fingerprint density at radius 1 is 0.929 bits per heavy atom. The van der Waals surface area contributed by atoms with Crippen LogP contribution in [0.5, 0.6) is 0 Å². The molecule has 0 atom stereocenters. The van der Waals surface area contributed by atoms with E-state index in [4.69, 9.17) is 4.98 Å². The molecule has 138 valence electrons. The smallest absolute Gasteiger partial charge is 0.125 e. The van der Waals surface area contributed by atoms with E-state index in [-0.39, 0.29) is 5.82 Å². The van der Waals surface area contributed by atoms with Crippen molar-refractivity contribution in [1.29, 1.82) is 0 Å². The number of hydrogen-bond acceptors (Lipinski definition) is 4. The van der Waals surface area contributed by atoms with Crippen molar-refractivity contribution in [3.05, 3.63) is 87.7 Å². The van der Waals surface area contributed by atoms with Crippen molar-refractivity contribution in [2.24, 2.45) is 0 Å². The lowest BCUT2D eigenvalue weighted by molar-refractivity contribution is 0.629. The molecular weight excluding hydrogens is 387 g/mol. The number of pyridine rings is 1. The van der Waals surface area contributed by atoms with Crippen molar-refractivity contribution in [3.63, 3.8) is 0 Å². The molecule has 0 saturated carbocycles. The molecule has 2 nitrogen and oxygen atoms in total. The van der Waals surface area contributed by atoms with Gasteiger partial charge in [-0.2, -0.15) is 11.3 Å². The van der Waals surface area contributed by atoms with Crippen LogP contribution in [0.1, 0.15) is 10.4 Å². The Morgan fingerprint density at radius 3 is 2.71 bits per heavy atom. The number of rotatable bonds is 5. The van der Waals surface area contributed by atoms with Crippen molar-refractivity contribution in [3.8, 4) is 11.3 Å². The Bertz CT molecular complexity index is 1230. The van der Waals surface area contributed by atoms with Crippen LogP contribution >= 0.6 is 22.7 Å². The number of benzene rings is 2. The number of fused-ring (bicyclic) bond motifs is 2. The van der Waals surface area contributed by atoms with Crippen LogP contribution in [0, 0.1) is 5.82 Å². The first-order valence-electron chi connectivity index (χ1n) is 9.06. The normalized spacial score (nSPS) is 11.5. The molecule has 0 aliphatic carbocycles. The Labute approximate surface area is 170 Å². The van der Waals surface area contributed by atoms with Gasteiger partial charge in [0.15, 0.2) is 0 Å². The topological polar surface area (TPSA) is 24.9 Å². The van der Waals surface area contributed by atoms with Gasteiger partial charge in [-0.05, 0) is 52.7 Å². The minimum Gasteiger partial charge on any atom is -0.308 e. The Kier molecular flexibility index (Phi) is 4.64. The van der Waals surface area contributed by atoms with Gasteiger partial charge in [0, 0.05) is 45.1 Å². The van der Waals surface area contributed by atoms with Gasteiger partial charge in [0.05, 0.1) is 11.2 Å². The van der Waals surface area contributed by atoms with E-state index in [1.165, 1.54) is 27.1 Å². The molecule has 5 heteroatoms. The average Bonchev–Trinajstić information content (AvgIpc) is 3.37. The summed E-state index contributed by atoms with van der Waals surface area (Å²) in [5.41, 5.74) is 3.81. The largest absolute Gasteiger partial charge is 0.308 e. The van der Waals surface area contributed by atoms with E-state index in [2.05, 4.69) is 53.2 Å². The van der Waals surface area contributed by atoms with E-state index in [1.54, 1.807) is 17.4 Å². The quantitative estimate of drug-likeness (QED) is 0.357. The SMILES string of the molecule is Fc1ccc2cc(CNCc3cc4ccccc4s3)c(-c3ccsc3)nc2c1. The Hall–Kier alpha value is -2.60. The van der Waals surface area contributed by atoms with Crippen LogP contribution in [0.3, 0.4) is 0 Å². The van der Waals surface area contributed by atoms with Crippen LogP contribution in [-0.4, -0.2) is 4.98 Å². The lowest BCUT2D eigenvalue weighted by Crippen LogP contribution is -2.13. The van der Waals surface area contributed by atoms with E-state index in [0.717, 1.165) is 28.8 Å². The van der Waals surface area contributed by atoms with Gasteiger partial charge >= 0.3 is 0 Å². The van der Waals surface area contributed by atoms with Crippen LogP contribution < -0.4 is 5.32 Å². The van der Waals surface area contributed by atoms with Crippen molar-refractivity contribution >= 4 is 43.7 Å². The van der Waals surface area contributed by atoms with Crippen LogP contribution in [0.15, 0.2) is 71.4 Å². The molecule has 0 fully saturated rings. The van der Waals surface area contributed by atoms with Gasteiger partial charge in [-0.15, -0.1) is 11.3 Å². The molecule has 0 radical (unpaired) electrons. The third-order valence-electron chi connectivity index (χ3n) is 4.74. The zero-order valence-corrected chi connectivity index (χ0v) is 16.6. The summed E-state index contributed by atoms with van der Waals surface area (Å²) in [6.45, 7) is 1.52. The highest BCUT2D eigenvalue weighted by Gasteiger charge is 2.11. The molecule has 0 spiro atoms. The second kappa shape index (κ2) is 7.43. The molecule has 0 bridgehead atoms. The van der Waals surface area contributed by atoms with E-state index < -0.39 is 0 Å². The molecule has 28 heavy (non-hydrogen) atoms. The molecule has 2 aromatic carbocycles. The van der Waals surface area contributed by atoms with Crippen LogP contribution in [-0.2, 0) is 13.1 Å². The fourth-order valence-corrected chi connectivity index (χ4v) is 5.09. The van der Waals surface area contributed by atoms with Crippen molar-refractivity contribution in [1.82, 2.24) is 10.3 Å². The highest BCUT2D eigenvalue weighted by molar-refractivity contribution is 7.19. The minimum absolute atomic E-state index is 0.257. The Morgan fingerprint density at radius 2 is 1.86 bits per heavy atom. The molecular formula is C23H17FN2S2. The van der Waals surface area contributed by atoms with Crippen molar-refractivity contribution < 1.29 is 4.39 Å². The number of nitrogens with one attached hydrogen (secondary N) is 1. The summed E-state index contributed by atoms with van der Waals surface area (Å²) in [5, 5.41) is 9.93. The first kappa shape index (κ1) is 17.5. The predicted molar refractivity (Wildman–Crippen MR) is 117 cm³/mol. The zero-order chi connectivity index (χ0) is 18.9. The van der Waals surface area contributed by atoms with Gasteiger partial charge in [-0.1, -0.05) is 18.2 Å². The molecule has 0 saturated heterocycles. The van der Waals surface area contributed by atoms with Gasteiger partial charge in [0.25, 0.3) is 0 Å². The fraction of sp³-hybridized carbons (Fsp3) is 0.0870. The molecule has 3 heterocycles. The number of aromatic nitrogens is 1. The van der Waals surface area contributed by atoms with Crippen molar-refractivity contribution in [2.45, 2.75) is 13.1 Å². The van der Waals surface area contributed by atoms with E-state index in [1.807, 2.05) is 16.7 Å². The molecule has 1 N–H and O–H groups in total. The van der Waals surface area contributed by atoms with Gasteiger partial charge < -0.3 is 5.32 Å². The molecule has 0 aliphatic heterocycles. The molecule has 3 aromatic heterocycles. The lowest BCUT2D eigenvalue weighted by Gasteiger charge is -2.11. The van der Waals surface area contributed by atoms with Crippen LogP contribution in [0.4, 0.5) is 4.39 Å². The summed E-state index contributed by atoms with van der Waals surface area (Å²) in [4.78, 5) is 6.08. The van der Waals surface area contributed by atoms with Gasteiger partial charge in [0.1, 0.15) is 5.82 Å². The third-order valence-corrected chi connectivity index (χ3v) is 6.54. The van der Waals surface area contributed by atoms with Crippen LogP contribution in [0.2, 0.25) is 0 Å². The zero-order valence-electron chi connectivity index (χ0n) is 15.0. The summed E-state index contributed by atoms with van der Waals surface area (Å²) in [6, 6.07) is 19.7. The van der Waals surface area contributed by atoms with E-state index in [9.17, 15) is 4.39 Å². The second-order valence-corrected chi connectivity index (χ2v) is 8.65. The fourth-order valence-electron chi connectivity index (χ4n) is 3.41. The van der Waals surface area contributed by atoms with Gasteiger partial charge in [-0.25, -0.2) is 9.37 Å². The maximum absolute atomic E-state index is 13.6. The Balaban J connectivity index is 1.43. The van der Waals surface area contributed by atoms with Gasteiger partial charge in [0.2, 0.25) is 0 Å². The highest BCUT2D eigenvalue weighted by atomic mass is 32.1.